The smallest absolute Gasteiger partial charge is 0.233 e. The molecule has 1 N–H and O–H groups in total. The van der Waals surface area contributed by atoms with E-state index in [0.717, 1.165) is 38.2 Å². The third-order valence-corrected chi connectivity index (χ3v) is 4.49. The zero-order valence-electron chi connectivity index (χ0n) is 14.0. The zero-order valence-corrected chi connectivity index (χ0v) is 14.0. The summed E-state index contributed by atoms with van der Waals surface area (Å²) in [6.07, 6.45) is 3.01. The number of hydrogen-bond acceptors (Lipinski definition) is 5. The molecule has 0 aliphatic carbocycles. The molecule has 1 aliphatic heterocycles. The van der Waals surface area contributed by atoms with Gasteiger partial charge >= 0.3 is 0 Å². The van der Waals surface area contributed by atoms with Gasteiger partial charge in [-0.1, -0.05) is 32.9 Å². The van der Waals surface area contributed by atoms with Crippen LogP contribution in [0, 0.1) is 5.41 Å². The fourth-order valence-electron chi connectivity index (χ4n) is 3.06. The molecule has 2 rings (SSSR count). The highest BCUT2D eigenvalue weighted by molar-refractivity contribution is 5.09. The molecule has 120 valence electrons. The van der Waals surface area contributed by atoms with E-state index < -0.39 is 0 Å². The van der Waals surface area contributed by atoms with Crippen molar-refractivity contribution in [1.29, 1.82) is 0 Å². The number of nitrogens with one attached hydrogen (secondary N) is 1. The second-order valence-corrected chi connectivity index (χ2v) is 7.04. The van der Waals surface area contributed by atoms with Gasteiger partial charge in [0.1, 0.15) is 6.10 Å². The van der Waals surface area contributed by atoms with Gasteiger partial charge < -0.3 is 14.6 Å². The van der Waals surface area contributed by atoms with Crippen LogP contribution < -0.4 is 5.32 Å². The molecule has 1 fully saturated rings. The molecule has 1 aromatic rings. The Morgan fingerprint density at radius 1 is 1.29 bits per heavy atom. The molecule has 5 nitrogen and oxygen atoms in total. The quantitative estimate of drug-likeness (QED) is 0.903. The van der Waals surface area contributed by atoms with Crippen molar-refractivity contribution in [2.24, 2.45) is 5.41 Å². The Balaban J connectivity index is 2.27. The van der Waals surface area contributed by atoms with E-state index in [4.69, 9.17) is 14.2 Å². The van der Waals surface area contributed by atoms with Crippen LogP contribution in [0.3, 0.4) is 0 Å². The predicted octanol–water partition coefficient (Wildman–Crippen LogP) is 3.22. The average Bonchev–Trinajstić information content (AvgIpc) is 2.94. The number of hydrogen-bond donors (Lipinski definition) is 1. The van der Waals surface area contributed by atoms with Crippen molar-refractivity contribution in [1.82, 2.24) is 15.5 Å². The summed E-state index contributed by atoms with van der Waals surface area (Å²) in [4.78, 5) is 4.73. The lowest BCUT2D eigenvalue weighted by Gasteiger charge is -2.33. The average molecular weight is 295 g/mol. The van der Waals surface area contributed by atoms with Crippen LogP contribution in [0.2, 0.25) is 0 Å². The molecule has 1 unspecified atom stereocenters. The molecule has 0 saturated carbocycles. The van der Waals surface area contributed by atoms with E-state index in [1.54, 1.807) is 0 Å². The summed E-state index contributed by atoms with van der Waals surface area (Å²) in [5.74, 6) is 1.47. The van der Waals surface area contributed by atoms with Gasteiger partial charge in [0.2, 0.25) is 11.7 Å². The van der Waals surface area contributed by atoms with Gasteiger partial charge in [0.15, 0.2) is 0 Å². The van der Waals surface area contributed by atoms with Gasteiger partial charge in [0.05, 0.1) is 5.41 Å². The monoisotopic (exact) mass is 295 g/mol. The first kappa shape index (κ1) is 16.4. The summed E-state index contributed by atoms with van der Waals surface area (Å²) >= 11 is 0. The summed E-state index contributed by atoms with van der Waals surface area (Å²) in [7, 11) is 0. The highest BCUT2D eigenvalue weighted by Gasteiger charge is 2.39. The highest BCUT2D eigenvalue weighted by Crippen LogP contribution is 2.39. The molecular formula is C16H29N3O2. The fraction of sp³-hybridized carbons (Fsp3) is 0.875. The van der Waals surface area contributed by atoms with E-state index in [1.165, 1.54) is 0 Å². The third-order valence-electron chi connectivity index (χ3n) is 4.49. The zero-order chi connectivity index (χ0) is 15.5. The minimum Gasteiger partial charge on any atom is -0.370 e. The normalized spacial score (nSPS) is 20.4. The van der Waals surface area contributed by atoms with Crippen molar-refractivity contribution >= 4 is 0 Å². The number of aromatic nitrogens is 2. The Hall–Kier alpha value is -0.940. The molecule has 5 heteroatoms. The van der Waals surface area contributed by atoms with E-state index in [1.807, 2.05) is 6.92 Å². The van der Waals surface area contributed by atoms with Gasteiger partial charge in [0, 0.05) is 6.61 Å². The topological polar surface area (TPSA) is 60.2 Å². The first-order chi connectivity index (χ1) is 9.93. The van der Waals surface area contributed by atoms with E-state index >= 15 is 0 Å². The summed E-state index contributed by atoms with van der Waals surface area (Å²) in [5, 5.41) is 7.64. The first-order valence-corrected chi connectivity index (χ1v) is 8.09. The Bertz CT molecular complexity index is 445. The molecular weight excluding hydrogens is 266 g/mol. The standard InChI is InChI=1S/C16H29N3O2/c1-6-16(8-10-17-11-9-16)14-18-13(19-21-14)12(20-7-2)15(3,4)5/h12,17H,6-11H2,1-5H3. The summed E-state index contributed by atoms with van der Waals surface area (Å²) in [6, 6.07) is 0. The van der Waals surface area contributed by atoms with Gasteiger partial charge in [-0.25, -0.2) is 0 Å². The molecule has 0 bridgehead atoms. The Labute approximate surface area is 127 Å². The SMILES string of the molecule is CCOC(c1noc(C2(CC)CCNCC2)n1)C(C)(C)C. The van der Waals surface area contributed by atoms with Crippen molar-refractivity contribution in [3.05, 3.63) is 11.7 Å². The van der Waals surface area contributed by atoms with Crippen molar-refractivity contribution in [2.45, 2.75) is 65.4 Å². The van der Waals surface area contributed by atoms with Crippen LogP contribution in [-0.4, -0.2) is 29.8 Å². The molecule has 1 aliphatic rings. The molecule has 1 atom stereocenters. The van der Waals surface area contributed by atoms with Gasteiger partial charge in [-0.05, 0) is 44.7 Å². The van der Waals surface area contributed by atoms with Crippen LogP contribution in [0.15, 0.2) is 4.52 Å². The van der Waals surface area contributed by atoms with Gasteiger partial charge in [-0.15, -0.1) is 0 Å². The number of piperidine rings is 1. The van der Waals surface area contributed by atoms with Crippen LogP contribution in [0.5, 0.6) is 0 Å². The van der Waals surface area contributed by atoms with Crippen LogP contribution in [0.25, 0.3) is 0 Å². The van der Waals surface area contributed by atoms with E-state index in [-0.39, 0.29) is 16.9 Å². The first-order valence-electron chi connectivity index (χ1n) is 8.09. The Morgan fingerprint density at radius 3 is 2.48 bits per heavy atom. The van der Waals surface area contributed by atoms with Crippen molar-refractivity contribution in [3.8, 4) is 0 Å². The van der Waals surface area contributed by atoms with Crippen LogP contribution in [0.1, 0.15) is 71.7 Å². The molecule has 0 aromatic carbocycles. The maximum absolute atomic E-state index is 5.86. The second kappa shape index (κ2) is 6.44. The fourth-order valence-corrected chi connectivity index (χ4v) is 3.06. The van der Waals surface area contributed by atoms with Crippen LogP contribution in [-0.2, 0) is 10.2 Å². The second-order valence-electron chi connectivity index (χ2n) is 7.04. The van der Waals surface area contributed by atoms with Gasteiger partial charge in [-0.3, -0.25) is 0 Å². The van der Waals surface area contributed by atoms with Crippen molar-refractivity contribution in [2.75, 3.05) is 19.7 Å². The lowest BCUT2D eigenvalue weighted by Crippen LogP contribution is -2.39. The maximum Gasteiger partial charge on any atom is 0.233 e. The minimum absolute atomic E-state index is 0.0329. The lowest BCUT2D eigenvalue weighted by molar-refractivity contribution is -0.0203. The molecule has 0 amide bonds. The Morgan fingerprint density at radius 2 is 1.95 bits per heavy atom. The van der Waals surface area contributed by atoms with Crippen LogP contribution in [0.4, 0.5) is 0 Å². The van der Waals surface area contributed by atoms with Gasteiger partial charge in [0.25, 0.3) is 0 Å². The molecule has 0 radical (unpaired) electrons. The Kier molecular flexibility index (Phi) is 5.04. The molecule has 0 spiro atoms. The van der Waals surface area contributed by atoms with Crippen molar-refractivity contribution < 1.29 is 9.26 Å². The highest BCUT2D eigenvalue weighted by atomic mass is 16.5. The minimum atomic E-state index is -0.129. The third kappa shape index (κ3) is 3.46. The van der Waals surface area contributed by atoms with E-state index in [2.05, 4.69) is 38.2 Å². The summed E-state index contributed by atoms with van der Waals surface area (Å²) < 4.78 is 11.5. The molecule has 2 heterocycles. The predicted molar refractivity (Wildman–Crippen MR) is 82.2 cm³/mol. The molecule has 21 heavy (non-hydrogen) atoms. The largest absolute Gasteiger partial charge is 0.370 e. The summed E-state index contributed by atoms with van der Waals surface area (Å²) in [5.41, 5.74) is -0.0181. The number of rotatable bonds is 5. The molecule has 1 aromatic heterocycles. The van der Waals surface area contributed by atoms with Gasteiger partial charge in [-0.2, -0.15) is 4.98 Å². The maximum atomic E-state index is 5.86. The lowest BCUT2D eigenvalue weighted by atomic mass is 9.76. The van der Waals surface area contributed by atoms with Crippen molar-refractivity contribution in [3.63, 3.8) is 0 Å². The summed E-state index contributed by atoms with van der Waals surface area (Å²) in [6.45, 7) is 13.3. The molecule has 1 saturated heterocycles. The van der Waals surface area contributed by atoms with E-state index in [0.29, 0.717) is 12.4 Å². The van der Waals surface area contributed by atoms with Crippen LogP contribution >= 0.6 is 0 Å². The number of nitrogens with zero attached hydrogens (tertiary/aromatic N) is 2. The number of ether oxygens (including phenoxy) is 1. The van der Waals surface area contributed by atoms with E-state index in [9.17, 15) is 0 Å².